The van der Waals surface area contributed by atoms with E-state index in [1.165, 1.54) is 0 Å². The number of nitrogens with zero attached hydrogens (tertiary/aromatic N) is 3. The van der Waals surface area contributed by atoms with E-state index in [0.717, 1.165) is 50.8 Å². The second-order valence-electron chi connectivity index (χ2n) is 7.85. The number of hydrogen-bond donors (Lipinski definition) is 1. The highest BCUT2D eigenvalue weighted by Gasteiger charge is 2.36. The Labute approximate surface area is 167 Å². The van der Waals surface area contributed by atoms with Crippen LogP contribution in [0.4, 0.5) is 11.4 Å². The van der Waals surface area contributed by atoms with E-state index >= 15 is 0 Å². The highest BCUT2D eigenvalue weighted by atomic mass is 79.9. The van der Waals surface area contributed by atoms with E-state index in [1.807, 2.05) is 37.8 Å². The molecule has 1 unspecified atom stereocenters. The van der Waals surface area contributed by atoms with Gasteiger partial charge in [0.25, 0.3) is 0 Å². The van der Waals surface area contributed by atoms with E-state index in [1.54, 1.807) is 0 Å². The standard InChI is InChI=1S/C19H30N4O2.BrH/c1-19(2,3)17(24)14-23-16-7-5-4-6-15(16)22(18(23)20)9-8-21-10-12-25-13-11-21;/h4-7,18H,8-14,20H2,1-3H3;1H. The number of halogens is 1. The van der Waals surface area contributed by atoms with Crippen LogP contribution in [0.3, 0.4) is 0 Å². The third-order valence-corrected chi connectivity index (χ3v) is 5.05. The lowest BCUT2D eigenvalue weighted by Crippen LogP contribution is -2.54. The summed E-state index contributed by atoms with van der Waals surface area (Å²) >= 11 is 0. The Kier molecular flexibility index (Phi) is 7.07. The summed E-state index contributed by atoms with van der Waals surface area (Å²) in [6.45, 7) is 11.6. The van der Waals surface area contributed by atoms with E-state index in [-0.39, 0.29) is 34.5 Å². The Morgan fingerprint density at radius 1 is 1.12 bits per heavy atom. The first-order valence-electron chi connectivity index (χ1n) is 9.09. The maximum atomic E-state index is 12.5. The summed E-state index contributed by atoms with van der Waals surface area (Å²) in [7, 11) is 0. The zero-order chi connectivity index (χ0) is 18.0. The molecule has 1 aromatic rings. The number of ether oxygens (including phenoxy) is 1. The monoisotopic (exact) mass is 426 g/mol. The van der Waals surface area contributed by atoms with Gasteiger partial charge in [0.1, 0.15) is 0 Å². The quantitative estimate of drug-likeness (QED) is 0.777. The molecule has 7 heteroatoms. The minimum absolute atomic E-state index is 0. The molecule has 26 heavy (non-hydrogen) atoms. The number of benzene rings is 1. The Balaban J connectivity index is 0.00000243. The number of carbonyl (C=O) groups excluding carboxylic acids is 1. The van der Waals surface area contributed by atoms with Gasteiger partial charge in [0.05, 0.1) is 31.1 Å². The minimum atomic E-state index is -0.365. The lowest BCUT2D eigenvalue weighted by atomic mass is 9.90. The van der Waals surface area contributed by atoms with Crippen molar-refractivity contribution in [3.63, 3.8) is 0 Å². The minimum Gasteiger partial charge on any atom is -0.379 e. The number of para-hydroxylation sites is 2. The summed E-state index contributed by atoms with van der Waals surface area (Å²) in [5.74, 6) is 0.202. The molecule has 1 fully saturated rings. The first-order valence-corrected chi connectivity index (χ1v) is 9.09. The molecule has 0 saturated carbocycles. The maximum Gasteiger partial charge on any atom is 0.157 e. The van der Waals surface area contributed by atoms with Gasteiger partial charge in [-0.15, -0.1) is 17.0 Å². The fourth-order valence-corrected chi connectivity index (χ4v) is 3.30. The van der Waals surface area contributed by atoms with Crippen molar-refractivity contribution in [1.29, 1.82) is 0 Å². The van der Waals surface area contributed by atoms with Crippen LogP contribution in [0.1, 0.15) is 20.8 Å². The average Bonchev–Trinajstić information content (AvgIpc) is 2.85. The molecular weight excluding hydrogens is 396 g/mol. The molecule has 0 bridgehead atoms. The second kappa shape index (κ2) is 8.69. The predicted molar refractivity (Wildman–Crippen MR) is 111 cm³/mol. The number of fused-ring (bicyclic) bond motifs is 1. The lowest BCUT2D eigenvalue weighted by molar-refractivity contribution is -0.124. The number of morpholine rings is 1. The molecule has 0 amide bonds. The molecule has 2 N–H and O–H groups in total. The summed E-state index contributed by atoms with van der Waals surface area (Å²) in [5.41, 5.74) is 8.34. The van der Waals surface area contributed by atoms with Crippen LogP contribution < -0.4 is 15.5 Å². The maximum absolute atomic E-state index is 12.5. The van der Waals surface area contributed by atoms with Crippen LogP contribution in [-0.4, -0.2) is 62.9 Å². The molecule has 1 aromatic carbocycles. The van der Waals surface area contributed by atoms with Crippen molar-refractivity contribution in [3.8, 4) is 0 Å². The zero-order valence-electron chi connectivity index (χ0n) is 16.0. The normalized spacial score (nSPS) is 20.7. The van der Waals surface area contributed by atoms with Crippen molar-refractivity contribution in [2.45, 2.75) is 27.1 Å². The summed E-state index contributed by atoms with van der Waals surface area (Å²) < 4.78 is 5.42. The second-order valence-corrected chi connectivity index (χ2v) is 7.85. The van der Waals surface area contributed by atoms with Crippen molar-refractivity contribution in [3.05, 3.63) is 24.3 Å². The van der Waals surface area contributed by atoms with E-state index in [2.05, 4.69) is 21.9 Å². The van der Waals surface area contributed by atoms with Crippen LogP contribution in [0.25, 0.3) is 0 Å². The van der Waals surface area contributed by atoms with Gasteiger partial charge >= 0.3 is 0 Å². The fourth-order valence-electron chi connectivity index (χ4n) is 3.30. The van der Waals surface area contributed by atoms with Crippen LogP contribution in [0, 0.1) is 5.41 Å². The van der Waals surface area contributed by atoms with Crippen molar-refractivity contribution < 1.29 is 9.53 Å². The summed E-state index contributed by atoms with van der Waals surface area (Å²) in [4.78, 5) is 19.2. The molecule has 0 spiro atoms. The number of hydrogen-bond acceptors (Lipinski definition) is 6. The molecule has 2 aliphatic heterocycles. The van der Waals surface area contributed by atoms with E-state index in [9.17, 15) is 4.79 Å². The van der Waals surface area contributed by atoms with Crippen molar-refractivity contribution >= 4 is 34.1 Å². The number of anilines is 2. The number of rotatable bonds is 5. The summed E-state index contributed by atoms with van der Waals surface area (Å²) in [5, 5.41) is 0. The van der Waals surface area contributed by atoms with Crippen LogP contribution in [0.15, 0.2) is 24.3 Å². The molecule has 3 rings (SSSR count). The average molecular weight is 427 g/mol. The molecule has 0 aromatic heterocycles. The Morgan fingerprint density at radius 3 is 2.27 bits per heavy atom. The van der Waals surface area contributed by atoms with Gasteiger partial charge < -0.3 is 14.5 Å². The molecule has 1 saturated heterocycles. The van der Waals surface area contributed by atoms with Crippen LogP contribution in [0.5, 0.6) is 0 Å². The number of Topliss-reactive ketones (excluding diaryl/α,β-unsaturated/α-hetero) is 1. The van der Waals surface area contributed by atoms with Crippen molar-refractivity contribution in [2.75, 3.05) is 55.7 Å². The predicted octanol–water partition coefficient (Wildman–Crippen LogP) is 2.08. The third-order valence-electron chi connectivity index (χ3n) is 5.05. The topological polar surface area (TPSA) is 62.0 Å². The first kappa shape index (κ1) is 21.2. The number of carbonyl (C=O) groups is 1. The molecule has 1 atom stereocenters. The SMILES string of the molecule is Br.CC(C)(C)C(=O)CN1c2ccccc2N(CCN2CCOCC2)C1N. The molecule has 0 radical (unpaired) electrons. The van der Waals surface area contributed by atoms with Gasteiger partial charge in [-0.1, -0.05) is 32.9 Å². The van der Waals surface area contributed by atoms with E-state index < -0.39 is 0 Å². The van der Waals surface area contributed by atoms with Gasteiger partial charge in [-0.2, -0.15) is 0 Å². The van der Waals surface area contributed by atoms with Crippen LogP contribution >= 0.6 is 17.0 Å². The Morgan fingerprint density at radius 2 is 1.69 bits per heavy atom. The van der Waals surface area contributed by atoms with E-state index in [4.69, 9.17) is 10.5 Å². The van der Waals surface area contributed by atoms with Gasteiger partial charge in [-0.25, -0.2) is 0 Å². The van der Waals surface area contributed by atoms with Gasteiger partial charge in [0.15, 0.2) is 12.1 Å². The van der Waals surface area contributed by atoms with Gasteiger partial charge in [0.2, 0.25) is 0 Å². The zero-order valence-corrected chi connectivity index (χ0v) is 17.7. The smallest absolute Gasteiger partial charge is 0.157 e. The molecule has 2 heterocycles. The lowest BCUT2D eigenvalue weighted by Gasteiger charge is -2.33. The van der Waals surface area contributed by atoms with Gasteiger partial charge in [0, 0.05) is 31.6 Å². The molecule has 146 valence electrons. The Hall–Kier alpha value is -1.15. The fraction of sp³-hybridized carbons (Fsp3) is 0.632. The largest absolute Gasteiger partial charge is 0.379 e. The third kappa shape index (κ3) is 4.57. The van der Waals surface area contributed by atoms with Crippen molar-refractivity contribution in [2.24, 2.45) is 11.1 Å². The van der Waals surface area contributed by atoms with Gasteiger partial charge in [-0.05, 0) is 12.1 Å². The first-order chi connectivity index (χ1) is 11.9. The molecule has 0 aliphatic carbocycles. The van der Waals surface area contributed by atoms with Gasteiger partial charge in [-0.3, -0.25) is 15.4 Å². The van der Waals surface area contributed by atoms with Crippen LogP contribution in [-0.2, 0) is 9.53 Å². The number of nitrogens with two attached hydrogens (primary N) is 1. The summed E-state index contributed by atoms with van der Waals surface area (Å²) in [6, 6.07) is 8.18. The summed E-state index contributed by atoms with van der Waals surface area (Å²) in [6.07, 6.45) is -0.301. The highest BCUT2D eigenvalue weighted by molar-refractivity contribution is 8.93. The van der Waals surface area contributed by atoms with E-state index in [0.29, 0.717) is 6.54 Å². The molecular formula is C19H31BrN4O2. The Bertz CT molecular complexity index is 614. The molecule has 6 nitrogen and oxygen atoms in total. The van der Waals surface area contributed by atoms with Crippen LogP contribution in [0.2, 0.25) is 0 Å². The number of ketones is 1. The van der Waals surface area contributed by atoms with Crippen molar-refractivity contribution in [1.82, 2.24) is 4.90 Å². The molecule has 2 aliphatic rings. The highest BCUT2D eigenvalue weighted by Crippen LogP contribution is 2.38.